The summed E-state index contributed by atoms with van der Waals surface area (Å²) in [6.07, 6.45) is -0.850. The summed E-state index contributed by atoms with van der Waals surface area (Å²) < 4.78 is 13.2. The quantitative estimate of drug-likeness (QED) is 0.0722. The fourth-order valence-corrected chi connectivity index (χ4v) is 7.00. The van der Waals surface area contributed by atoms with Crippen LogP contribution < -0.4 is 0 Å². The Morgan fingerprint density at radius 3 is 0.966 bits per heavy atom. The normalized spacial score (nSPS) is 13.9. The summed E-state index contributed by atoms with van der Waals surface area (Å²) in [5.74, 6) is -1.96. The Morgan fingerprint density at radius 2 is 0.741 bits per heavy atom. The lowest BCUT2D eigenvalue weighted by Gasteiger charge is -2.48. The zero-order valence-electron chi connectivity index (χ0n) is 34.9. The standard InChI is InChI=1S/C47H56O11/c1-42(2,53)38(49)31-15-11-29(12-16-31)37(30-13-17-32(18-14-30)39(50)43(3,4)54)58-28-46(9,27-48)47(57-10,35-23-19-33(20-24-35)40(51)44(5,6)55)36-25-21-34(22-26-36)41(52)45(7,8)56/h11-26,37,48,53-56H,27-28H2,1-10H3. The van der Waals surface area contributed by atoms with Crippen LogP contribution in [0.5, 0.6) is 0 Å². The molecule has 4 rings (SSSR count). The van der Waals surface area contributed by atoms with Crippen molar-refractivity contribution in [1.29, 1.82) is 0 Å². The maximum absolute atomic E-state index is 13.0. The van der Waals surface area contributed by atoms with Gasteiger partial charge in [0.25, 0.3) is 0 Å². The number of benzene rings is 4. The molecule has 0 saturated carbocycles. The Morgan fingerprint density at radius 1 is 0.483 bits per heavy atom. The van der Waals surface area contributed by atoms with E-state index >= 15 is 0 Å². The number of ketones is 4. The number of aliphatic hydroxyl groups is 5. The van der Waals surface area contributed by atoms with E-state index in [1.54, 1.807) is 104 Å². The first-order valence-corrected chi connectivity index (χ1v) is 19.0. The summed E-state index contributed by atoms with van der Waals surface area (Å²) >= 11 is 0. The van der Waals surface area contributed by atoms with Gasteiger partial charge in [0.15, 0.2) is 23.1 Å². The van der Waals surface area contributed by atoms with E-state index in [0.717, 1.165) is 0 Å². The minimum absolute atomic E-state index is 0.189. The molecule has 0 spiro atoms. The summed E-state index contributed by atoms with van der Waals surface area (Å²) in [6, 6.07) is 26.0. The van der Waals surface area contributed by atoms with Gasteiger partial charge in [0.05, 0.1) is 18.6 Å². The number of hydrogen-bond donors (Lipinski definition) is 5. The molecule has 0 saturated heterocycles. The SMILES string of the molecule is COC(c1ccc(C(=O)C(C)(C)O)cc1)(c1ccc(C(=O)C(C)(C)O)cc1)C(C)(CO)COC(c1ccc(C(=O)C(C)(C)O)cc1)c1ccc(C(=O)C(C)(C)O)cc1. The van der Waals surface area contributed by atoms with Crippen LogP contribution in [0.2, 0.25) is 0 Å². The summed E-state index contributed by atoms with van der Waals surface area (Å²) in [5.41, 5.74) is -6.09. The van der Waals surface area contributed by atoms with Crippen molar-refractivity contribution in [2.24, 2.45) is 5.41 Å². The molecule has 0 aliphatic rings. The highest BCUT2D eigenvalue weighted by molar-refractivity contribution is 6.03. The van der Waals surface area contributed by atoms with E-state index < -0.39 is 69.3 Å². The molecule has 4 aromatic carbocycles. The third-order valence-electron chi connectivity index (χ3n) is 10.4. The van der Waals surface area contributed by atoms with Crippen molar-refractivity contribution in [3.05, 3.63) is 142 Å². The number of carbonyl (C=O) groups excluding carboxylic acids is 4. The Labute approximate surface area is 340 Å². The zero-order valence-corrected chi connectivity index (χ0v) is 34.9. The highest BCUT2D eigenvalue weighted by atomic mass is 16.5. The van der Waals surface area contributed by atoms with E-state index in [2.05, 4.69) is 0 Å². The summed E-state index contributed by atoms with van der Waals surface area (Å²) in [6.45, 7) is 12.3. The molecular weight excluding hydrogens is 741 g/mol. The van der Waals surface area contributed by atoms with Crippen LogP contribution in [0.3, 0.4) is 0 Å². The lowest BCUT2D eigenvalue weighted by atomic mass is 9.66. The summed E-state index contributed by atoms with van der Waals surface area (Å²) in [5, 5.41) is 53.0. The van der Waals surface area contributed by atoms with Gasteiger partial charge < -0.3 is 35.0 Å². The topological polar surface area (TPSA) is 188 Å². The van der Waals surface area contributed by atoms with Gasteiger partial charge in [-0.25, -0.2) is 0 Å². The lowest BCUT2D eigenvalue weighted by molar-refractivity contribution is -0.143. The molecule has 11 heteroatoms. The smallest absolute Gasteiger partial charge is 0.193 e. The van der Waals surface area contributed by atoms with E-state index in [1.165, 1.54) is 62.5 Å². The first kappa shape index (κ1) is 46.0. The molecule has 310 valence electrons. The number of Topliss-reactive ketones (excluding diaryl/α,β-unsaturated/α-hetero) is 4. The van der Waals surface area contributed by atoms with Crippen molar-refractivity contribution >= 4 is 23.1 Å². The maximum atomic E-state index is 13.0. The molecule has 0 fully saturated rings. The molecular formula is C47H56O11. The van der Waals surface area contributed by atoms with E-state index in [9.17, 15) is 44.7 Å². The molecule has 5 N–H and O–H groups in total. The first-order chi connectivity index (χ1) is 26.7. The predicted octanol–water partition coefficient (Wildman–Crippen LogP) is 6.20. The molecule has 0 radical (unpaired) electrons. The van der Waals surface area contributed by atoms with Gasteiger partial charge >= 0.3 is 0 Å². The van der Waals surface area contributed by atoms with Crippen LogP contribution in [0.25, 0.3) is 0 Å². The van der Waals surface area contributed by atoms with Crippen molar-refractivity contribution in [1.82, 2.24) is 0 Å². The highest BCUT2D eigenvalue weighted by Gasteiger charge is 2.52. The fraction of sp³-hybridized carbons (Fsp3) is 0.404. The Balaban J connectivity index is 1.89. The summed E-state index contributed by atoms with van der Waals surface area (Å²) in [4.78, 5) is 51.8. The van der Waals surface area contributed by atoms with Gasteiger partial charge in [0, 0.05) is 29.4 Å². The van der Waals surface area contributed by atoms with Crippen LogP contribution in [0, 0.1) is 5.41 Å². The van der Waals surface area contributed by atoms with Crippen LogP contribution in [-0.4, -0.2) is 91.4 Å². The molecule has 11 nitrogen and oxygen atoms in total. The van der Waals surface area contributed by atoms with Crippen LogP contribution >= 0.6 is 0 Å². The average molecular weight is 797 g/mol. The molecule has 0 amide bonds. The third-order valence-corrected chi connectivity index (χ3v) is 10.4. The number of aliphatic hydroxyl groups excluding tert-OH is 1. The second kappa shape index (κ2) is 16.9. The molecule has 1 unspecified atom stereocenters. The van der Waals surface area contributed by atoms with Gasteiger partial charge in [-0.1, -0.05) is 104 Å². The lowest BCUT2D eigenvalue weighted by Crippen LogP contribution is -2.51. The Kier molecular flexibility index (Phi) is 13.4. The van der Waals surface area contributed by atoms with Gasteiger partial charge in [-0.05, 0) is 77.6 Å². The second-order valence-corrected chi connectivity index (χ2v) is 17.2. The zero-order chi connectivity index (χ0) is 43.6. The molecule has 58 heavy (non-hydrogen) atoms. The van der Waals surface area contributed by atoms with Crippen molar-refractivity contribution in [2.75, 3.05) is 20.3 Å². The van der Waals surface area contributed by atoms with Crippen LogP contribution in [0.4, 0.5) is 0 Å². The monoisotopic (exact) mass is 796 g/mol. The number of hydrogen-bond acceptors (Lipinski definition) is 11. The van der Waals surface area contributed by atoms with E-state index in [1.807, 2.05) is 0 Å². The van der Waals surface area contributed by atoms with Gasteiger partial charge in [-0.3, -0.25) is 19.2 Å². The molecule has 4 aromatic rings. The van der Waals surface area contributed by atoms with Crippen LogP contribution in [0.1, 0.15) is 132 Å². The summed E-state index contributed by atoms with van der Waals surface area (Å²) in [7, 11) is 1.47. The molecule has 1 atom stereocenters. The number of ether oxygens (including phenoxy) is 2. The van der Waals surface area contributed by atoms with Crippen molar-refractivity contribution < 1.29 is 54.2 Å². The van der Waals surface area contributed by atoms with E-state index in [4.69, 9.17) is 9.47 Å². The van der Waals surface area contributed by atoms with E-state index in [-0.39, 0.29) is 28.9 Å². The van der Waals surface area contributed by atoms with Crippen molar-refractivity contribution in [2.45, 2.75) is 96.4 Å². The molecule has 0 aliphatic carbocycles. The second-order valence-electron chi connectivity index (χ2n) is 17.2. The molecule has 0 aromatic heterocycles. The highest BCUT2D eigenvalue weighted by Crippen LogP contribution is 2.49. The molecule has 0 aliphatic heterocycles. The first-order valence-electron chi connectivity index (χ1n) is 19.0. The van der Waals surface area contributed by atoms with Crippen molar-refractivity contribution in [3.8, 4) is 0 Å². The van der Waals surface area contributed by atoms with Gasteiger partial charge in [0.1, 0.15) is 34.1 Å². The molecule has 0 heterocycles. The number of carbonyl (C=O) groups is 4. The number of rotatable bonds is 18. The predicted molar refractivity (Wildman–Crippen MR) is 219 cm³/mol. The maximum Gasteiger partial charge on any atom is 0.193 e. The van der Waals surface area contributed by atoms with Crippen LogP contribution in [0.15, 0.2) is 97.1 Å². The fourth-order valence-electron chi connectivity index (χ4n) is 7.00. The van der Waals surface area contributed by atoms with Crippen LogP contribution in [-0.2, 0) is 15.1 Å². The van der Waals surface area contributed by atoms with Gasteiger partial charge in [-0.2, -0.15) is 0 Å². The Bertz CT molecular complexity index is 1950. The number of methoxy groups -OCH3 is 1. The average Bonchev–Trinajstić information content (AvgIpc) is 3.16. The van der Waals surface area contributed by atoms with E-state index in [0.29, 0.717) is 22.3 Å². The Hall–Kier alpha value is -4.72. The minimum Gasteiger partial charge on any atom is -0.396 e. The molecule has 0 bridgehead atoms. The minimum atomic E-state index is -1.63. The third kappa shape index (κ3) is 9.59. The largest absolute Gasteiger partial charge is 0.396 e. The van der Waals surface area contributed by atoms with Crippen molar-refractivity contribution in [3.63, 3.8) is 0 Å². The van der Waals surface area contributed by atoms with Gasteiger partial charge in [-0.15, -0.1) is 0 Å². The van der Waals surface area contributed by atoms with Gasteiger partial charge in [0.2, 0.25) is 0 Å².